The first-order chi connectivity index (χ1) is 11.2. The molecule has 2 aliphatic carbocycles. The van der Waals surface area contributed by atoms with Gasteiger partial charge in [-0.05, 0) is 44.5 Å². The van der Waals surface area contributed by atoms with Gasteiger partial charge in [0.1, 0.15) is 23.7 Å². The maximum absolute atomic E-state index is 6.30. The van der Waals surface area contributed by atoms with Crippen LogP contribution < -0.4 is 9.47 Å². The van der Waals surface area contributed by atoms with Crippen LogP contribution in [0.25, 0.3) is 0 Å². The molecule has 0 spiro atoms. The van der Waals surface area contributed by atoms with Crippen LogP contribution in [0.2, 0.25) is 0 Å². The number of hydrogen-bond donors (Lipinski definition) is 0. The van der Waals surface area contributed by atoms with Gasteiger partial charge >= 0.3 is 0 Å². The minimum atomic E-state index is 0.0917. The molecule has 2 bridgehead atoms. The Morgan fingerprint density at radius 2 is 1.04 bits per heavy atom. The molecule has 2 heteroatoms. The lowest BCUT2D eigenvalue weighted by molar-refractivity contribution is 0.0469. The fourth-order valence-corrected chi connectivity index (χ4v) is 3.59. The molecule has 1 saturated carbocycles. The zero-order valence-corrected chi connectivity index (χ0v) is 13.6. The van der Waals surface area contributed by atoms with E-state index >= 15 is 0 Å². The number of ether oxygens (including phenoxy) is 2. The van der Waals surface area contributed by atoms with Crippen LogP contribution in [0.3, 0.4) is 0 Å². The molecule has 0 aliphatic heterocycles. The lowest BCUT2D eigenvalue weighted by Gasteiger charge is -2.29. The van der Waals surface area contributed by atoms with Gasteiger partial charge in [0.25, 0.3) is 0 Å². The molecule has 1 fully saturated rings. The third kappa shape index (κ3) is 2.86. The Morgan fingerprint density at radius 3 is 1.43 bits per heavy atom. The minimum Gasteiger partial charge on any atom is -0.486 e. The van der Waals surface area contributed by atoms with Crippen LogP contribution in [0.1, 0.15) is 17.5 Å². The summed E-state index contributed by atoms with van der Waals surface area (Å²) in [7, 11) is 0. The Kier molecular flexibility index (Phi) is 3.60. The molecule has 0 saturated heterocycles. The molecule has 0 aromatic heterocycles. The van der Waals surface area contributed by atoms with Crippen LogP contribution in [0.15, 0.2) is 60.7 Å². The summed E-state index contributed by atoms with van der Waals surface area (Å²) in [5.74, 6) is 2.77. The van der Waals surface area contributed by atoms with E-state index in [2.05, 4.69) is 50.3 Å². The average Bonchev–Trinajstić information content (AvgIpc) is 3.14. The van der Waals surface area contributed by atoms with Gasteiger partial charge in [0.15, 0.2) is 0 Å². The first-order valence-electron chi connectivity index (χ1n) is 8.34. The van der Waals surface area contributed by atoms with Crippen molar-refractivity contribution in [1.29, 1.82) is 0 Å². The first kappa shape index (κ1) is 14.4. The summed E-state index contributed by atoms with van der Waals surface area (Å²) in [6, 6.07) is 16.6. The molecule has 23 heavy (non-hydrogen) atoms. The molecule has 2 aromatic rings. The van der Waals surface area contributed by atoms with Crippen molar-refractivity contribution in [3.05, 3.63) is 71.8 Å². The first-order valence-corrected chi connectivity index (χ1v) is 8.34. The summed E-state index contributed by atoms with van der Waals surface area (Å²) in [6.45, 7) is 4.18. The molecule has 0 N–H and O–H groups in total. The maximum Gasteiger partial charge on any atom is 0.142 e. The maximum atomic E-state index is 6.30. The molecular weight excluding hydrogens is 284 g/mol. The second kappa shape index (κ2) is 5.77. The molecule has 2 aliphatic rings. The van der Waals surface area contributed by atoms with Crippen molar-refractivity contribution in [1.82, 2.24) is 0 Å². The van der Waals surface area contributed by atoms with Crippen LogP contribution in [0.5, 0.6) is 11.5 Å². The molecule has 4 atom stereocenters. The zero-order valence-electron chi connectivity index (χ0n) is 13.6. The van der Waals surface area contributed by atoms with Crippen molar-refractivity contribution in [3.63, 3.8) is 0 Å². The van der Waals surface area contributed by atoms with Gasteiger partial charge in [-0.15, -0.1) is 0 Å². The van der Waals surface area contributed by atoms with Gasteiger partial charge in [-0.2, -0.15) is 0 Å². The van der Waals surface area contributed by atoms with Crippen molar-refractivity contribution >= 4 is 0 Å². The standard InChI is InChI=1S/C21H22O2/c1-14-3-9-18(10-4-14)22-20-16-7-8-17(13-16)21(20)23-19-11-5-15(2)6-12-19/h3-12,16-17,20-21H,13H2,1-2H3/t16-,17+,20-,21-/m1/s1. The molecule has 0 radical (unpaired) electrons. The van der Waals surface area contributed by atoms with E-state index < -0.39 is 0 Å². The second-order valence-corrected chi connectivity index (χ2v) is 6.74. The molecule has 4 rings (SSSR count). The molecule has 2 aromatic carbocycles. The van der Waals surface area contributed by atoms with Crippen LogP contribution in [0, 0.1) is 25.7 Å². The fraction of sp³-hybridized carbons (Fsp3) is 0.333. The van der Waals surface area contributed by atoms with E-state index in [4.69, 9.17) is 9.47 Å². The van der Waals surface area contributed by atoms with E-state index in [0.717, 1.165) is 17.9 Å². The number of hydrogen-bond acceptors (Lipinski definition) is 2. The van der Waals surface area contributed by atoms with Gasteiger partial charge in [-0.3, -0.25) is 0 Å². The van der Waals surface area contributed by atoms with Crippen molar-refractivity contribution in [2.45, 2.75) is 32.5 Å². The summed E-state index contributed by atoms with van der Waals surface area (Å²) in [4.78, 5) is 0. The molecule has 0 unspecified atom stereocenters. The molecular formula is C21H22O2. The number of aryl methyl sites for hydroxylation is 2. The Labute approximate surface area is 137 Å². The van der Waals surface area contributed by atoms with Gasteiger partial charge in [0, 0.05) is 11.8 Å². The Morgan fingerprint density at radius 1 is 0.652 bits per heavy atom. The number of benzene rings is 2. The topological polar surface area (TPSA) is 18.5 Å². The molecule has 0 amide bonds. The number of fused-ring (bicyclic) bond motifs is 2. The predicted molar refractivity (Wildman–Crippen MR) is 91.9 cm³/mol. The normalized spacial score (nSPS) is 28.1. The van der Waals surface area contributed by atoms with Gasteiger partial charge in [0.2, 0.25) is 0 Å². The van der Waals surface area contributed by atoms with Crippen molar-refractivity contribution in [2.24, 2.45) is 11.8 Å². The summed E-state index contributed by atoms with van der Waals surface area (Å²) >= 11 is 0. The lowest BCUT2D eigenvalue weighted by atomic mass is 10.0. The van der Waals surface area contributed by atoms with Gasteiger partial charge in [-0.1, -0.05) is 47.5 Å². The zero-order chi connectivity index (χ0) is 15.8. The fourth-order valence-electron chi connectivity index (χ4n) is 3.59. The van der Waals surface area contributed by atoms with Crippen LogP contribution >= 0.6 is 0 Å². The lowest BCUT2D eigenvalue weighted by Crippen LogP contribution is -2.39. The van der Waals surface area contributed by atoms with Gasteiger partial charge in [-0.25, -0.2) is 0 Å². The molecule has 0 heterocycles. The number of rotatable bonds is 4. The van der Waals surface area contributed by atoms with Crippen molar-refractivity contribution < 1.29 is 9.47 Å². The highest BCUT2D eigenvalue weighted by Crippen LogP contribution is 2.43. The van der Waals surface area contributed by atoms with E-state index in [-0.39, 0.29) is 12.2 Å². The summed E-state index contributed by atoms with van der Waals surface area (Å²) in [5, 5.41) is 0. The van der Waals surface area contributed by atoms with Gasteiger partial charge < -0.3 is 9.47 Å². The third-order valence-corrected chi connectivity index (χ3v) is 4.90. The van der Waals surface area contributed by atoms with Gasteiger partial charge in [0.05, 0.1) is 0 Å². The van der Waals surface area contributed by atoms with E-state index in [0.29, 0.717) is 11.8 Å². The average molecular weight is 306 g/mol. The van der Waals surface area contributed by atoms with Crippen LogP contribution in [-0.4, -0.2) is 12.2 Å². The quantitative estimate of drug-likeness (QED) is 0.762. The smallest absolute Gasteiger partial charge is 0.142 e. The largest absolute Gasteiger partial charge is 0.486 e. The minimum absolute atomic E-state index is 0.0917. The highest BCUT2D eigenvalue weighted by atomic mass is 16.5. The Bertz CT molecular complexity index is 638. The van der Waals surface area contributed by atoms with E-state index in [1.165, 1.54) is 11.1 Å². The monoisotopic (exact) mass is 306 g/mol. The molecule has 118 valence electrons. The summed E-state index contributed by atoms with van der Waals surface area (Å²) < 4.78 is 12.6. The molecule has 2 nitrogen and oxygen atoms in total. The highest BCUT2D eigenvalue weighted by Gasteiger charge is 2.47. The van der Waals surface area contributed by atoms with Crippen molar-refractivity contribution in [3.8, 4) is 11.5 Å². The van der Waals surface area contributed by atoms with Crippen molar-refractivity contribution in [2.75, 3.05) is 0 Å². The second-order valence-electron chi connectivity index (χ2n) is 6.74. The van der Waals surface area contributed by atoms with E-state index in [1.54, 1.807) is 0 Å². The summed E-state index contributed by atoms with van der Waals surface area (Å²) in [5.41, 5.74) is 2.50. The Balaban J connectivity index is 1.53. The highest BCUT2D eigenvalue weighted by molar-refractivity contribution is 5.30. The SMILES string of the molecule is Cc1ccc(O[C@H]2[C@H](Oc3ccc(C)cc3)[C@H]3C=C[C@@H]2C3)cc1. The van der Waals surface area contributed by atoms with Crippen LogP contribution in [0.4, 0.5) is 0 Å². The summed E-state index contributed by atoms with van der Waals surface area (Å²) in [6.07, 6.45) is 5.90. The predicted octanol–water partition coefficient (Wildman–Crippen LogP) is 4.70. The third-order valence-electron chi connectivity index (χ3n) is 4.90. The van der Waals surface area contributed by atoms with E-state index in [9.17, 15) is 0 Å². The Hall–Kier alpha value is -2.22. The van der Waals surface area contributed by atoms with Crippen LogP contribution in [-0.2, 0) is 0 Å². The van der Waals surface area contributed by atoms with E-state index in [1.807, 2.05) is 24.3 Å².